The molecule has 1 aliphatic rings. The summed E-state index contributed by atoms with van der Waals surface area (Å²) in [7, 11) is 0. The van der Waals surface area contributed by atoms with Crippen molar-refractivity contribution >= 4 is 28.7 Å². The van der Waals surface area contributed by atoms with Crippen LogP contribution in [0.1, 0.15) is 33.4 Å². The normalized spacial score (nSPS) is 14.0. The van der Waals surface area contributed by atoms with Gasteiger partial charge in [0.1, 0.15) is 23.6 Å². The number of furan rings is 1. The molecule has 8 nitrogen and oxygen atoms in total. The third-order valence-electron chi connectivity index (χ3n) is 4.82. The second kappa shape index (κ2) is 8.96. The van der Waals surface area contributed by atoms with Crippen LogP contribution in [0.4, 0.5) is 5.82 Å². The Balaban J connectivity index is 1.58. The van der Waals surface area contributed by atoms with Crippen molar-refractivity contribution < 1.29 is 28.2 Å². The molecule has 4 rings (SSSR count). The standard InChI is InChI=1S/C22H22N2O6/c1-2-28-22(26)19-17(15-6-3-4-8-18(15)30-19)14-29-21(25)16-7-5-9-23-20(16)24-10-12-27-13-11-24/h3-9H,2,10-14H2,1H3. The van der Waals surface area contributed by atoms with Crippen LogP contribution in [0.5, 0.6) is 0 Å². The Morgan fingerprint density at radius 1 is 1.07 bits per heavy atom. The number of pyridine rings is 1. The van der Waals surface area contributed by atoms with E-state index in [4.69, 9.17) is 18.6 Å². The van der Waals surface area contributed by atoms with Crippen molar-refractivity contribution in [1.82, 2.24) is 4.98 Å². The largest absolute Gasteiger partial charge is 0.460 e. The van der Waals surface area contributed by atoms with Crippen molar-refractivity contribution in [3.05, 3.63) is 59.5 Å². The van der Waals surface area contributed by atoms with Crippen LogP contribution in [-0.4, -0.2) is 49.8 Å². The Hall–Kier alpha value is -3.39. The second-order valence-corrected chi connectivity index (χ2v) is 6.68. The van der Waals surface area contributed by atoms with Gasteiger partial charge in [-0.3, -0.25) is 0 Å². The molecule has 156 valence electrons. The summed E-state index contributed by atoms with van der Waals surface area (Å²) in [6, 6.07) is 10.6. The van der Waals surface area contributed by atoms with Gasteiger partial charge < -0.3 is 23.5 Å². The number of ether oxygens (including phenoxy) is 3. The van der Waals surface area contributed by atoms with E-state index in [0.717, 1.165) is 0 Å². The molecule has 0 bridgehead atoms. The summed E-state index contributed by atoms with van der Waals surface area (Å²) in [6.45, 7) is 4.27. The number of benzene rings is 1. The molecule has 30 heavy (non-hydrogen) atoms. The van der Waals surface area contributed by atoms with E-state index in [-0.39, 0.29) is 19.0 Å². The summed E-state index contributed by atoms with van der Waals surface area (Å²) in [5.74, 6) is -0.501. The van der Waals surface area contributed by atoms with Crippen molar-refractivity contribution in [2.75, 3.05) is 37.8 Å². The van der Waals surface area contributed by atoms with E-state index >= 15 is 0 Å². The predicted octanol–water partition coefficient (Wildman–Crippen LogP) is 3.20. The SMILES string of the molecule is CCOC(=O)c1oc2ccccc2c1COC(=O)c1cccnc1N1CCOCC1. The molecule has 3 aromatic rings. The highest BCUT2D eigenvalue weighted by atomic mass is 16.5. The minimum Gasteiger partial charge on any atom is -0.460 e. The molecule has 0 atom stereocenters. The molecule has 0 N–H and O–H groups in total. The number of esters is 2. The summed E-state index contributed by atoms with van der Waals surface area (Å²) in [6.07, 6.45) is 1.64. The maximum Gasteiger partial charge on any atom is 0.374 e. The first-order valence-corrected chi connectivity index (χ1v) is 9.81. The topological polar surface area (TPSA) is 91.1 Å². The lowest BCUT2D eigenvalue weighted by molar-refractivity contribution is 0.0435. The fraction of sp³-hybridized carbons (Fsp3) is 0.318. The Morgan fingerprint density at radius 3 is 2.67 bits per heavy atom. The molecule has 2 aromatic heterocycles. The smallest absolute Gasteiger partial charge is 0.374 e. The number of para-hydroxylation sites is 1. The van der Waals surface area contributed by atoms with Gasteiger partial charge in [0.05, 0.1) is 25.4 Å². The van der Waals surface area contributed by atoms with Gasteiger partial charge in [0.25, 0.3) is 0 Å². The molecule has 0 radical (unpaired) electrons. The molecule has 0 spiro atoms. The van der Waals surface area contributed by atoms with Crippen molar-refractivity contribution in [2.45, 2.75) is 13.5 Å². The summed E-state index contributed by atoms with van der Waals surface area (Å²) in [5, 5.41) is 0.702. The minimum absolute atomic E-state index is 0.0467. The number of carbonyl (C=O) groups excluding carboxylic acids is 2. The number of aromatic nitrogens is 1. The summed E-state index contributed by atoms with van der Waals surface area (Å²) in [4.78, 5) is 31.6. The molecule has 0 amide bonds. The van der Waals surface area contributed by atoms with E-state index in [1.807, 2.05) is 17.0 Å². The van der Waals surface area contributed by atoms with Crippen LogP contribution in [0, 0.1) is 0 Å². The molecule has 0 saturated carbocycles. The molecule has 0 aliphatic carbocycles. The molecule has 1 aromatic carbocycles. The first-order valence-electron chi connectivity index (χ1n) is 9.81. The molecule has 0 unspecified atom stereocenters. The minimum atomic E-state index is -0.588. The fourth-order valence-corrected chi connectivity index (χ4v) is 3.40. The lowest BCUT2D eigenvalue weighted by Crippen LogP contribution is -2.37. The van der Waals surface area contributed by atoms with Crippen molar-refractivity contribution in [1.29, 1.82) is 0 Å². The number of carbonyl (C=O) groups is 2. The lowest BCUT2D eigenvalue weighted by atomic mass is 10.1. The van der Waals surface area contributed by atoms with Crippen LogP contribution in [-0.2, 0) is 20.8 Å². The highest BCUT2D eigenvalue weighted by molar-refractivity contribution is 5.97. The van der Waals surface area contributed by atoms with Gasteiger partial charge in [-0.15, -0.1) is 0 Å². The van der Waals surface area contributed by atoms with Gasteiger partial charge in [-0.2, -0.15) is 0 Å². The highest BCUT2D eigenvalue weighted by Crippen LogP contribution is 2.28. The van der Waals surface area contributed by atoms with Crippen LogP contribution in [0.2, 0.25) is 0 Å². The van der Waals surface area contributed by atoms with Crippen LogP contribution >= 0.6 is 0 Å². The second-order valence-electron chi connectivity index (χ2n) is 6.68. The number of nitrogens with zero attached hydrogens (tertiary/aromatic N) is 2. The first kappa shape index (κ1) is 19.9. The van der Waals surface area contributed by atoms with E-state index in [1.165, 1.54) is 0 Å². The Morgan fingerprint density at radius 2 is 1.87 bits per heavy atom. The number of hydrogen-bond donors (Lipinski definition) is 0. The van der Waals surface area contributed by atoms with Crippen LogP contribution in [0.3, 0.4) is 0 Å². The summed E-state index contributed by atoms with van der Waals surface area (Å²) in [5.41, 5.74) is 1.38. The number of rotatable bonds is 6. The van der Waals surface area contributed by atoms with Crippen LogP contribution in [0.25, 0.3) is 11.0 Å². The average Bonchev–Trinajstić information content (AvgIpc) is 3.17. The van der Waals surface area contributed by atoms with E-state index in [1.54, 1.807) is 37.4 Å². The lowest BCUT2D eigenvalue weighted by Gasteiger charge is -2.28. The van der Waals surface area contributed by atoms with Gasteiger partial charge in [0.2, 0.25) is 5.76 Å². The number of anilines is 1. The Kier molecular flexibility index (Phi) is 5.94. The zero-order valence-electron chi connectivity index (χ0n) is 16.6. The number of hydrogen-bond acceptors (Lipinski definition) is 8. The van der Waals surface area contributed by atoms with E-state index in [0.29, 0.717) is 54.2 Å². The van der Waals surface area contributed by atoms with Crippen molar-refractivity contribution in [2.24, 2.45) is 0 Å². The van der Waals surface area contributed by atoms with E-state index in [9.17, 15) is 9.59 Å². The predicted molar refractivity (Wildman–Crippen MR) is 109 cm³/mol. The zero-order chi connectivity index (χ0) is 20.9. The maximum absolute atomic E-state index is 12.9. The van der Waals surface area contributed by atoms with Gasteiger partial charge in [-0.05, 0) is 25.1 Å². The van der Waals surface area contributed by atoms with Gasteiger partial charge in [-0.25, -0.2) is 14.6 Å². The Labute approximate surface area is 173 Å². The average molecular weight is 410 g/mol. The number of fused-ring (bicyclic) bond motifs is 1. The molecular weight excluding hydrogens is 388 g/mol. The molecule has 3 heterocycles. The third-order valence-corrected chi connectivity index (χ3v) is 4.82. The molecule has 1 fully saturated rings. The quantitative estimate of drug-likeness (QED) is 0.572. The first-order chi connectivity index (χ1) is 14.7. The molecule has 1 aliphatic heterocycles. The fourth-order valence-electron chi connectivity index (χ4n) is 3.40. The third kappa shape index (κ3) is 3.99. The van der Waals surface area contributed by atoms with Gasteiger partial charge >= 0.3 is 11.9 Å². The molecule has 1 saturated heterocycles. The molecular formula is C22H22N2O6. The van der Waals surface area contributed by atoms with E-state index in [2.05, 4.69) is 4.98 Å². The van der Waals surface area contributed by atoms with Gasteiger partial charge in [-0.1, -0.05) is 18.2 Å². The highest BCUT2D eigenvalue weighted by Gasteiger charge is 2.25. The van der Waals surface area contributed by atoms with Crippen molar-refractivity contribution in [3.63, 3.8) is 0 Å². The van der Waals surface area contributed by atoms with Crippen LogP contribution in [0.15, 0.2) is 47.0 Å². The summed E-state index contributed by atoms with van der Waals surface area (Å²) >= 11 is 0. The number of morpholine rings is 1. The maximum atomic E-state index is 12.9. The van der Waals surface area contributed by atoms with E-state index < -0.39 is 11.9 Å². The van der Waals surface area contributed by atoms with Gasteiger partial charge in [0, 0.05) is 24.7 Å². The van der Waals surface area contributed by atoms with Crippen molar-refractivity contribution in [3.8, 4) is 0 Å². The zero-order valence-corrected chi connectivity index (χ0v) is 16.6. The summed E-state index contributed by atoms with van der Waals surface area (Å²) < 4.78 is 21.7. The van der Waals surface area contributed by atoms with Crippen LogP contribution < -0.4 is 4.90 Å². The van der Waals surface area contributed by atoms with Gasteiger partial charge in [0.15, 0.2) is 0 Å². The Bertz CT molecular complexity index is 1050. The molecule has 8 heteroatoms. The monoisotopic (exact) mass is 410 g/mol.